The molecule has 0 atom stereocenters. The standard InChI is InChI=1S/C16H12ClF3N2/c1-10-2-7-15-13(8-10)14(9-17)21-22(15)12-5-3-11(4-6-12)16(18,19)20/h2-8H,9H2,1H3. The van der Waals surface area contributed by atoms with Crippen LogP contribution in [0.5, 0.6) is 0 Å². The van der Waals surface area contributed by atoms with E-state index in [0.717, 1.165) is 28.6 Å². The molecule has 3 rings (SSSR count). The second kappa shape index (κ2) is 5.32. The van der Waals surface area contributed by atoms with Crippen LogP contribution < -0.4 is 0 Å². The number of rotatable bonds is 2. The number of aromatic nitrogens is 2. The monoisotopic (exact) mass is 324 g/mol. The van der Waals surface area contributed by atoms with Gasteiger partial charge in [-0.05, 0) is 43.3 Å². The van der Waals surface area contributed by atoms with E-state index in [1.54, 1.807) is 4.68 Å². The van der Waals surface area contributed by atoms with E-state index in [-0.39, 0.29) is 5.88 Å². The maximum Gasteiger partial charge on any atom is 0.416 e. The molecular weight excluding hydrogens is 313 g/mol. The van der Waals surface area contributed by atoms with Crippen LogP contribution in [-0.2, 0) is 12.1 Å². The molecule has 3 aromatic rings. The second-order valence-electron chi connectivity index (χ2n) is 5.06. The largest absolute Gasteiger partial charge is 0.416 e. The molecule has 0 radical (unpaired) electrons. The Morgan fingerprint density at radius 2 is 1.77 bits per heavy atom. The Balaban J connectivity index is 2.14. The molecular formula is C16H12ClF3N2. The first-order valence-electron chi connectivity index (χ1n) is 6.62. The third kappa shape index (κ3) is 2.57. The summed E-state index contributed by atoms with van der Waals surface area (Å²) in [6.07, 6.45) is -4.34. The van der Waals surface area contributed by atoms with E-state index in [0.29, 0.717) is 11.4 Å². The average Bonchev–Trinajstić information content (AvgIpc) is 2.84. The fourth-order valence-electron chi connectivity index (χ4n) is 2.38. The summed E-state index contributed by atoms with van der Waals surface area (Å²) in [4.78, 5) is 0. The molecule has 0 saturated carbocycles. The molecule has 0 fully saturated rings. The Labute approximate surface area is 130 Å². The van der Waals surface area contributed by atoms with Crippen molar-refractivity contribution in [2.24, 2.45) is 0 Å². The van der Waals surface area contributed by atoms with Crippen molar-refractivity contribution >= 4 is 22.5 Å². The van der Waals surface area contributed by atoms with Gasteiger partial charge in [0, 0.05) is 5.39 Å². The number of aryl methyl sites for hydroxylation is 1. The molecule has 1 aromatic heterocycles. The van der Waals surface area contributed by atoms with Crippen molar-refractivity contribution in [1.82, 2.24) is 9.78 Å². The average molecular weight is 325 g/mol. The van der Waals surface area contributed by atoms with Gasteiger partial charge in [-0.25, -0.2) is 4.68 Å². The van der Waals surface area contributed by atoms with Gasteiger partial charge in [-0.2, -0.15) is 18.3 Å². The Morgan fingerprint density at radius 3 is 2.36 bits per heavy atom. The lowest BCUT2D eigenvalue weighted by Gasteiger charge is -2.08. The van der Waals surface area contributed by atoms with E-state index in [4.69, 9.17) is 11.6 Å². The van der Waals surface area contributed by atoms with Crippen LogP contribution in [0.2, 0.25) is 0 Å². The molecule has 2 aromatic carbocycles. The highest BCUT2D eigenvalue weighted by atomic mass is 35.5. The predicted molar refractivity (Wildman–Crippen MR) is 80.4 cm³/mol. The zero-order valence-electron chi connectivity index (χ0n) is 11.7. The number of benzene rings is 2. The Bertz CT molecular complexity index is 820. The van der Waals surface area contributed by atoms with E-state index in [9.17, 15) is 13.2 Å². The highest BCUT2D eigenvalue weighted by Gasteiger charge is 2.30. The third-order valence-electron chi connectivity index (χ3n) is 3.48. The number of fused-ring (bicyclic) bond motifs is 1. The van der Waals surface area contributed by atoms with Gasteiger partial charge in [0.25, 0.3) is 0 Å². The predicted octanol–water partition coefficient (Wildman–Crippen LogP) is 5.09. The normalized spacial score (nSPS) is 12.0. The first-order chi connectivity index (χ1) is 10.4. The SMILES string of the molecule is Cc1ccc2c(c1)c(CCl)nn2-c1ccc(C(F)(F)F)cc1. The third-order valence-corrected chi connectivity index (χ3v) is 3.73. The highest BCUT2D eigenvalue weighted by Crippen LogP contribution is 2.30. The summed E-state index contributed by atoms with van der Waals surface area (Å²) in [6, 6.07) is 10.7. The summed E-state index contributed by atoms with van der Waals surface area (Å²) in [5, 5.41) is 5.33. The minimum Gasteiger partial charge on any atom is -0.233 e. The van der Waals surface area contributed by atoms with Gasteiger partial charge in [0.15, 0.2) is 0 Å². The van der Waals surface area contributed by atoms with Crippen molar-refractivity contribution in [3.05, 3.63) is 59.3 Å². The van der Waals surface area contributed by atoms with Gasteiger partial charge in [0.2, 0.25) is 0 Å². The number of hydrogen-bond acceptors (Lipinski definition) is 1. The Hall–Kier alpha value is -2.01. The fourth-order valence-corrected chi connectivity index (χ4v) is 2.58. The van der Waals surface area contributed by atoms with Gasteiger partial charge in [0.1, 0.15) is 0 Å². The van der Waals surface area contributed by atoms with Crippen LogP contribution >= 0.6 is 11.6 Å². The summed E-state index contributed by atoms with van der Waals surface area (Å²) in [7, 11) is 0. The highest BCUT2D eigenvalue weighted by molar-refractivity contribution is 6.17. The molecule has 0 aliphatic carbocycles. The molecule has 0 spiro atoms. The van der Waals surface area contributed by atoms with Crippen LogP contribution in [0.4, 0.5) is 13.2 Å². The Morgan fingerprint density at radius 1 is 1.09 bits per heavy atom. The smallest absolute Gasteiger partial charge is 0.233 e. The van der Waals surface area contributed by atoms with E-state index >= 15 is 0 Å². The molecule has 0 bridgehead atoms. The molecule has 6 heteroatoms. The zero-order chi connectivity index (χ0) is 15.9. The number of nitrogens with zero attached hydrogens (tertiary/aromatic N) is 2. The van der Waals surface area contributed by atoms with Crippen molar-refractivity contribution in [3.63, 3.8) is 0 Å². The molecule has 114 valence electrons. The number of halogens is 4. The molecule has 2 nitrogen and oxygen atoms in total. The number of hydrogen-bond donors (Lipinski definition) is 0. The second-order valence-corrected chi connectivity index (χ2v) is 5.32. The molecule has 0 aliphatic heterocycles. The van der Waals surface area contributed by atoms with Gasteiger partial charge < -0.3 is 0 Å². The molecule has 0 unspecified atom stereocenters. The van der Waals surface area contributed by atoms with Crippen LogP contribution in [0.15, 0.2) is 42.5 Å². The van der Waals surface area contributed by atoms with Crippen LogP contribution in [0.25, 0.3) is 16.6 Å². The first-order valence-corrected chi connectivity index (χ1v) is 7.15. The molecule has 0 aliphatic rings. The van der Waals surface area contributed by atoms with Crippen LogP contribution in [0.1, 0.15) is 16.8 Å². The molecule has 22 heavy (non-hydrogen) atoms. The lowest BCUT2D eigenvalue weighted by atomic mass is 10.1. The zero-order valence-corrected chi connectivity index (χ0v) is 12.4. The lowest BCUT2D eigenvalue weighted by Crippen LogP contribution is -2.05. The van der Waals surface area contributed by atoms with Crippen LogP contribution in [0.3, 0.4) is 0 Å². The molecule has 0 amide bonds. The molecule has 0 saturated heterocycles. The molecule has 0 N–H and O–H groups in total. The molecule has 1 heterocycles. The minimum absolute atomic E-state index is 0.244. The van der Waals surface area contributed by atoms with Crippen LogP contribution in [-0.4, -0.2) is 9.78 Å². The van der Waals surface area contributed by atoms with Crippen molar-refractivity contribution < 1.29 is 13.2 Å². The topological polar surface area (TPSA) is 17.8 Å². The van der Waals surface area contributed by atoms with E-state index < -0.39 is 11.7 Å². The minimum atomic E-state index is -4.34. The maximum atomic E-state index is 12.6. The van der Waals surface area contributed by atoms with Crippen molar-refractivity contribution in [1.29, 1.82) is 0 Å². The van der Waals surface area contributed by atoms with Gasteiger partial charge in [-0.3, -0.25) is 0 Å². The van der Waals surface area contributed by atoms with Crippen molar-refractivity contribution in [3.8, 4) is 5.69 Å². The summed E-state index contributed by atoms with van der Waals surface area (Å²) in [5.74, 6) is 0.244. The van der Waals surface area contributed by atoms with Crippen LogP contribution in [0, 0.1) is 6.92 Å². The maximum absolute atomic E-state index is 12.6. The van der Waals surface area contributed by atoms with E-state index in [2.05, 4.69) is 5.10 Å². The fraction of sp³-hybridized carbons (Fsp3) is 0.188. The van der Waals surface area contributed by atoms with Gasteiger partial charge >= 0.3 is 6.18 Å². The van der Waals surface area contributed by atoms with Gasteiger partial charge in [-0.1, -0.05) is 11.6 Å². The van der Waals surface area contributed by atoms with E-state index in [1.807, 2.05) is 25.1 Å². The van der Waals surface area contributed by atoms with Crippen molar-refractivity contribution in [2.45, 2.75) is 19.0 Å². The summed E-state index contributed by atoms with van der Waals surface area (Å²) in [5.41, 5.74) is 2.49. The number of alkyl halides is 4. The van der Waals surface area contributed by atoms with E-state index in [1.165, 1.54) is 12.1 Å². The summed E-state index contributed by atoms with van der Waals surface area (Å²) >= 11 is 5.92. The van der Waals surface area contributed by atoms with Crippen molar-refractivity contribution in [2.75, 3.05) is 0 Å². The van der Waals surface area contributed by atoms with Gasteiger partial charge in [0.05, 0.1) is 28.3 Å². The van der Waals surface area contributed by atoms with Gasteiger partial charge in [-0.15, -0.1) is 11.6 Å². The lowest BCUT2D eigenvalue weighted by molar-refractivity contribution is -0.137. The first kappa shape index (κ1) is 14.9. The summed E-state index contributed by atoms with van der Waals surface area (Å²) < 4.78 is 39.5. The summed E-state index contributed by atoms with van der Waals surface area (Å²) in [6.45, 7) is 1.97. The quantitative estimate of drug-likeness (QED) is 0.600. The Kier molecular flexibility index (Phi) is 3.60.